The zero-order chi connectivity index (χ0) is 18.9. The van der Waals surface area contributed by atoms with E-state index in [9.17, 15) is 9.59 Å². The molecule has 1 aromatic heterocycles. The van der Waals surface area contributed by atoms with Gasteiger partial charge in [-0.25, -0.2) is 9.44 Å². The number of hydrogen-bond acceptors (Lipinski definition) is 7. The van der Waals surface area contributed by atoms with Crippen molar-refractivity contribution in [2.45, 2.75) is 5.54 Å². The van der Waals surface area contributed by atoms with Gasteiger partial charge >= 0.3 is 0 Å². The first-order valence-electron chi connectivity index (χ1n) is 8.42. The summed E-state index contributed by atoms with van der Waals surface area (Å²) >= 11 is 6.89. The number of hydroxylamine groups is 2. The molecule has 2 atom stereocenters. The number of hydrogen-bond donors (Lipinski definition) is 1. The molecule has 0 aliphatic carbocycles. The summed E-state index contributed by atoms with van der Waals surface area (Å²) in [4.78, 5) is 32.3. The predicted octanol–water partition coefficient (Wildman–Crippen LogP) is 1.04. The van der Waals surface area contributed by atoms with Crippen molar-refractivity contribution in [3.05, 3.63) is 53.0 Å². The lowest BCUT2D eigenvalue weighted by atomic mass is 9.87. The third-order valence-electron chi connectivity index (χ3n) is 4.92. The lowest BCUT2D eigenvalue weighted by molar-refractivity contribution is -0.101. The normalized spacial score (nSPS) is 24.4. The topological polar surface area (TPSA) is 74.8 Å². The number of fused-ring (bicyclic) bond motifs is 1. The van der Waals surface area contributed by atoms with Gasteiger partial charge in [0.1, 0.15) is 5.54 Å². The van der Waals surface area contributed by atoms with E-state index in [2.05, 4.69) is 9.69 Å². The second-order valence-electron chi connectivity index (χ2n) is 6.43. The number of nitrogens with zero attached hydrogens (tertiary/aromatic N) is 3. The van der Waals surface area contributed by atoms with Crippen LogP contribution in [0.25, 0.3) is 0 Å². The van der Waals surface area contributed by atoms with Crippen LogP contribution in [0.2, 0.25) is 0 Å². The van der Waals surface area contributed by atoms with Gasteiger partial charge in [-0.15, -0.1) is 0 Å². The van der Waals surface area contributed by atoms with Crippen LogP contribution in [0.1, 0.15) is 15.2 Å². The van der Waals surface area contributed by atoms with E-state index in [1.54, 1.807) is 35.5 Å². The van der Waals surface area contributed by atoms with E-state index in [1.807, 2.05) is 16.9 Å². The summed E-state index contributed by atoms with van der Waals surface area (Å²) in [6, 6.07) is 10.8. The summed E-state index contributed by atoms with van der Waals surface area (Å²) in [5, 5.41) is 4.58. The van der Waals surface area contributed by atoms with E-state index in [0.29, 0.717) is 25.3 Å². The first kappa shape index (κ1) is 18.2. The van der Waals surface area contributed by atoms with Crippen LogP contribution in [0, 0.1) is 5.92 Å². The van der Waals surface area contributed by atoms with Gasteiger partial charge in [0.05, 0.1) is 17.7 Å². The van der Waals surface area contributed by atoms with E-state index < -0.39 is 5.54 Å². The molecule has 2 unspecified atom stereocenters. The van der Waals surface area contributed by atoms with E-state index >= 15 is 0 Å². The number of carbonyl (C=O) groups is 2. The van der Waals surface area contributed by atoms with Crippen LogP contribution >= 0.6 is 23.8 Å². The predicted molar refractivity (Wildman–Crippen MR) is 106 cm³/mol. The number of thiocarbonyl (C=S) groups is 1. The molecule has 10 heteroatoms. The molecule has 1 amide bonds. The summed E-state index contributed by atoms with van der Waals surface area (Å²) in [6.45, 7) is 1.64. The third-order valence-corrected chi connectivity index (χ3v) is 6.10. The van der Waals surface area contributed by atoms with Crippen LogP contribution in [-0.2, 0) is 15.2 Å². The molecule has 0 bridgehead atoms. The van der Waals surface area contributed by atoms with Gasteiger partial charge < -0.3 is 9.61 Å². The van der Waals surface area contributed by atoms with Crippen LogP contribution in [-0.4, -0.2) is 58.6 Å². The second kappa shape index (κ2) is 7.47. The largest absolute Gasteiger partial charge is 0.337 e. The van der Waals surface area contributed by atoms with Crippen LogP contribution in [0.4, 0.5) is 0 Å². The maximum absolute atomic E-state index is 12.5. The van der Waals surface area contributed by atoms with Gasteiger partial charge in [0.25, 0.3) is 13.3 Å². The minimum atomic E-state index is -0.582. The molecular weight excluding hydrogens is 383 g/mol. The molecule has 4 rings (SSSR count). The molecule has 2 fully saturated rings. The van der Waals surface area contributed by atoms with Gasteiger partial charge in [0, 0.05) is 24.2 Å². The van der Waals surface area contributed by atoms with Crippen molar-refractivity contribution >= 4 is 48.4 Å². The van der Waals surface area contributed by atoms with Crippen LogP contribution in [0.15, 0.2) is 42.6 Å². The van der Waals surface area contributed by atoms with E-state index in [-0.39, 0.29) is 16.9 Å². The Bertz CT molecular complexity index is 851. The molecule has 2 aliphatic rings. The molecule has 0 saturated carbocycles. The Kier molecular flexibility index (Phi) is 5.05. The van der Waals surface area contributed by atoms with Crippen molar-refractivity contribution in [2.24, 2.45) is 5.92 Å². The summed E-state index contributed by atoms with van der Waals surface area (Å²) in [7, 11) is 1.53. The summed E-state index contributed by atoms with van der Waals surface area (Å²) in [6.07, 6.45) is 2.52. The smallest absolute Gasteiger partial charge is 0.293 e. The van der Waals surface area contributed by atoms with Crippen LogP contribution in [0.3, 0.4) is 0 Å². The fraction of sp³-hybridized carbons (Fsp3) is 0.294. The average molecular weight is 399 g/mol. The summed E-state index contributed by atoms with van der Waals surface area (Å²) < 4.78 is 4.23. The highest BCUT2D eigenvalue weighted by atomic mass is 32.1. The molecule has 0 spiro atoms. The fourth-order valence-electron chi connectivity index (χ4n) is 3.71. The number of nitrogens with one attached hydrogen (secondary N) is 1. The zero-order valence-electron chi connectivity index (χ0n) is 14.3. The molecule has 7 nitrogen and oxygen atoms in total. The highest BCUT2D eigenvalue weighted by Crippen LogP contribution is 2.47. The van der Waals surface area contributed by atoms with Crippen molar-refractivity contribution in [2.75, 3.05) is 19.7 Å². The highest BCUT2D eigenvalue weighted by Gasteiger charge is 2.58. The zero-order valence-corrected chi connectivity index (χ0v) is 15.9. The number of aromatic nitrogens is 1. The number of benzene rings is 1. The molecule has 1 radical (unpaired) electrons. The lowest BCUT2D eigenvalue weighted by Gasteiger charge is -2.36. The lowest BCUT2D eigenvalue weighted by Crippen LogP contribution is -2.53. The molecule has 1 aromatic carbocycles. The molecule has 27 heavy (non-hydrogen) atoms. The van der Waals surface area contributed by atoms with Crippen LogP contribution < -0.4 is 5.32 Å². The minimum Gasteiger partial charge on any atom is -0.337 e. The second-order valence-corrected chi connectivity index (χ2v) is 7.65. The van der Waals surface area contributed by atoms with Gasteiger partial charge in [-0.2, -0.15) is 0 Å². The average Bonchev–Trinajstić information content (AvgIpc) is 3.37. The summed E-state index contributed by atoms with van der Waals surface area (Å²) in [5.41, 5.74) is -0.0633. The SMILES string of the molecule is O=C[B]N1CC2CON(C(=S)NC(=O)c3ccccc3)C2(c2ccns2)C1. The Balaban J connectivity index is 1.60. The van der Waals surface area contributed by atoms with Gasteiger partial charge in [-0.05, 0) is 48.5 Å². The Morgan fingerprint density at radius 1 is 1.41 bits per heavy atom. The van der Waals surface area contributed by atoms with Crippen molar-refractivity contribution in [3.63, 3.8) is 0 Å². The van der Waals surface area contributed by atoms with Crippen molar-refractivity contribution in [1.29, 1.82) is 0 Å². The van der Waals surface area contributed by atoms with Gasteiger partial charge in [0.2, 0.25) is 5.11 Å². The van der Waals surface area contributed by atoms with Crippen molar-refractivity contribution in [3.8, 4) is 0 Å². The van der Waals surface area contributed by atoms with Gasteiger partial charge in [-0.3, -0.25) is 14.9 Å². The molecule has 2 saturated heterocycles. The van der Waals surface area contributed by atoms with Gasteiger partial charge in [-0.1, -0.05) is 18.2 Å². The molecule has 3 heterocycles. The Labute approximate surface area is 166 Å². The third kappa shape index (κ3) is 3.18. The molecule has 2 aliphatic heterocycles. The highest BCUT2D eigenvalue weighted by molar-refractivity contribution is 7.80. The van der Waals surface area contributed by atoms with Crippen LogP contribution in [0.5, 0.6) is 0 Å². The summed E-state index contributed by atoms with van der Waals surface area (Å²) in [5.74, 6) is -0.192. The Morgan fingerprint density at radius 2 is 2.22 bits per heavy atom. The van der Waals surface area contributed by atoms with Crippen molar-refractivity contribution in [1.82, 2.24) is 19.6 Å². The first-order chi connectivity index (χ1) is 13.1. The van der Waals surface area contributed by atoms with Crippen molar-refractivity contribution < 1.29 is 14.4 Å². The number of carbonyl (C=O) groups excluding carboxylic acids is 2. The fourth-order valence-corrected chi connectivity index (χ4v) is 4.84. The Hall–Kier alpha value is -2.14. The molecule has 2 aromatic rings. The van der Waals surface area contributed by atoms with Gasteiger partial charge in [0.15, 0.2) is 0 Å². The standard InChI is InChI=1S/C17H16BN4O3S2/c23-11-18-21-8-13-9-25-22(17(13,10-21)14-6-7-19-27-14)16(26)20-15(24)12-4-2-1-3-5-12/h1-7,11,13H,8-10H2,(H,20,24,26). The Morgan fingerprint density at radius 3 is 2.93 bits per heavy atom. The number of rotatable bonds is 4. The first-order valence-corrected chi connectivity index (χ1v) is 9.60. The molecule has 137 valence electrons. The quantitative estimate of drug-likeness (QED) is 0.468. The minimum absolute atomic E-state index is 0.0979. The number of amides is 1. The maximum Gasteiger partial charge on any atom is 0.293 e. The maximum atomic E-state index is 12.5. The molecular formula is C17H16BN4O3S2. The molecule has 1 N–H and O–H groups in total. The van der Waals surface area contributed by atoms with E-state index in [0.717, 1.165) is 11.1 Å². The monoisotopic (exact) mass is 399 g/mol. The van der Waals surface area contributed by atoms with E-state index in [1.165, 1.54) is 18.9 Å². The van der Waals surface area contributed by atoms with E-state index in [4.69, 9.17) is 17.1 Å².